The summed E-state index contributed by atoms with van der Waals surface area (Å²) in [6.07, 6.45) is 1.78. The number of rotatable bonds is 6. The maximum absolute atomic E-state index is 5.80. The van der Waals surface area contributed by atoms with Gasteiger partial charge in [0.25, 0.3) is 0 Å². The van der Waals surface area contributed by atoms with Crippen LogP contribution in [0.5, 0.6) is 11.5 Å². The van der Waals surface area contributed by atoms with E-state index in [4.69, 9.17) is 4.74 Å². The molecule has 0 radical (unpaired) electrons. The molecule has 5 nitrogen and oxygen atoms in total. The van der Waals surface area contributed by atoms with E-state index < -0.39 is 0 Å². The molecule has 26 heavy (non-hydrogen) atoms. The van der Waals surface area contributed by atoms with E-state index in [9.17, 15) is 0 Å². The van der Waals surface area contributed by atoms with E-state index in [1.807, 2.05) is 72.8 Å². The van der Waals surface area contributed by atoms with Crippen molar-refractivity contribution in [3.8, 4) is 11.5 Å². The van der Waals surface area contributed by atoms with Gasteiger partial charge in [-0.3, -0.25) is 9.98 Å². The van der Waals surface area contributed by atoms with Crippen LogP contribution in [0.4, 0.5) is 0 Å². The Morgan fingerprint density at radius 2 is 1.54 bits per heavy atom. The van der Waals surface area contributed by atoms with Crippen LogP contribution in [0.1, 0.15) is 11.3 Å². The Hall–Kier alpha value is -3.34. The second-order valence-electron chi connectivity index (χ2n) is 5.66. The number of aliphatic imine (C=N–C) groups is 1. The van der Waals surface area contributed by atoms with Gasteiger partial charge in [0.05, 0.1) is 12.2 Å². The normalized spacial score (nSPS) is 11.0. The largest absolute Gasteiger partial charge is 0.457 e. The third-order valence-electron chi connectivity index (χ3n) is 3.75. The molecular formula is C21H22N4O. The highest BCUT2D eigenvalue weighted by molar-refractivity contribution is 5.79. The van der Waals surface area contributed by atoms with Gasteiger partial charge < -0.3 is 15.4 Å². The van der Waals surface area contributed by atoms with Crippen LogP contribution in [-0.4, -0.2) is 18.0 Å². The summed E-state index contributed by atoms with van der Waals surface area (Å²) in [4.78, 5) is 8.52. The van der Waals surface area contributed by atoms with Gasteiger partial charge >= 0.3 is 0 Å². The zero-order valence-corrected chi connectivity index (χ0v) is 14.7. The van der Waals surface area contributed by atoms with Crippen molar-refractivity contribution in [2.75, 3.05) is 7.05 Å². The molecule has 132 valence electrons. The summed E-state index contributed by atoms with van der Waals surface area (Å²) in [5.74, 6) is 2.38. The molecule has 1 aromatic heterocycles. The highest BCUT2D eigenvalue weighted by Gasteiger charge is 2.01. The summed E-state index contributed by atoms with van der Waals surface area (Å²) >= 11 is 0. The molecule has 2 N–H and O–H groups in total. The minimum atomic E-state index is 0.629. The van der Waals surface area contributed by atoms with E-state index in [1.165, 1.54) is 0 Å². The van der Waals surface area contributed by atoms with E-state index in [-0.39, 0.29) is 0 Å². The van der Waals surface area contributed by atoms with Crippen LogP contribution in [0, 0.1) is 0 Å². The third kappa shape index (κ3) is 5.34. The topological polar surface area (TPSA) is 58.5 Å². The fourth-order valence-corrected chi connectivity index (χ4v) is 2.38. The number of pyridine rings is 1. The van der Waals surface area contributed by atoms with Crippen LogP contribution >= 0.6 is 0 Å². The van der Waals surface area contributed by atoms with Crippen molar-refractivity contribution in [2.45, 2.75) is 13.1 Å². The second kappa shape index (κ2) is 9.22. The van der Waals surface area contributed by atoms with Gasteiger partial charge in [0.15, 0.2) is 5.96 Å². The van der Waals surface area contributed by atoms with Gasteiger partial charge in [0.1, 0.15) is 11.5 Å². The van der Waals surface area contributed by atoms with E-state index in [2.05, 4.69) is 20.6 Å². The van der Waals surface area contributed by atoms with E-state index >= 15 is 0 Å². The minimum absolute atomic E-state index is 0.629. The fraction of sp³-hybridized carbons (Fsp3) is 0.143. The summed E-state index contributed by atoms with van der Waals surface area (Å²) in [7, 11) is 1.75. The molecule has 0 amide bonds. The van der Waals surface area contributed by atoms with Gasteiger partial charge in [-0.15, -0.1) is 0 Å². The number of benzene rings is 2. The van der Waals surface area contributed by atoms with Gasteiger partial charge in [0, 0.05) is 19.8 Å². The second-order valence-corrected chi connectivity index (χ2v) is 5.66. The predicted octanol–water partition coefficient (Wildman–Crippen LogP) is 3.74. The number of hydrogen-bond donors (Lipinski definition) is 2. The van der Waals surface area contributed by atoms with E-state index in [0.29, 0.717) is 13.1 Å². The molecule has 0 bridgehead atoms. The number of guanidine groups is 1. The smallest absolute Gasteiger partial charge is 0.191 e. The molecule has 3 rings (SSSR count). The van der Waals surface area contributed by atoms with Crippen LogP contribution in [0.3, 0.4) is 0 Å². The Morgan fingerprint density at radius 1 is 0.846 bits per heavy atom. The van der Waals surface area contributed by atoms with Crippen LogP contribution in [0.25, 0.3) is 0 Å². The average Bonchev–Trinajstić information content (AvgIpc) is 2.71. The monoisotopic (exact) mass is 346 g/mol. The molecule has 3 aromatic rings. The summed E-state index contributed by atoms with van der Waals surface area (Å²) in [6, 6.07) is 23.6. The summed E-state index contributed by atoms with van der Waals surface area (Å²) in [5.41, 5.74) is 2.11. The fourth-order valence-electron chi connectivity index (χ4n) is 2.38. The standard InChI is InChI=1S/C21H22N4O/c1-22-21(25-16-18-7-5-6-14-23-18)24-15-17-10-12-20(13-11-17)26-19-8-3-2-4-9-19/h2-14H,15-16H2,1H3,(H2,22,24,25). The zero-order valence-electron chi connectivity index (χ0n) is 14.7. The molecule has 0 fully saturated rings. The Balaban J connectivity index is 1.49. The maximum atomic E-state index is 5.80. The molecule has 0 saturated heterocycles. The van der Waals surface area contributed by atoms with Gasteiger partial charge in [-0.25, -0.2) is 0 Å². The Labute approximate surface area is 153 Å². The molecule has 0 saturated carbocycles. The molecular weight excluding hydrogens is 324 g/mol. The lowest BCUT2D eigenvalue weighted by Crippen LogP contribution is -2.36. The first-order chi connectivity index (χ1) is 12.8. The molecule has 0 atom stereocenters. The molecule has 0 aliphatic heterocycles. The quantitative estimate of drug-likeness (QED) is 0.527. The van der Waals surface area contributed by atoms with Crippen LogP contribution in [-0.2, 0) is 13.1 Å². The van der Waals surface area contributed by atoms with Crippen LogP contribution in [0.15, 0.2) is 84.0 Å². The van der Waals surface area contributed by atoms with Crippen LogP contribution < -0.4 is 15.4 Å². The Kier molecular flexibility index (Phi) is 6.20. The van der Waals surface area contributed by atoms with Gasteiger partial charge in [-0.1, -0.05) is 36.4 Å². The third-order valence-corrected chi connectivity index (χ3v) is 3.75. The summed E-state index contributed by atoms with van der Waals surface area (Å²) < 4.78 is 5.80. The minimum Gasteiger partial charge on any atom is -0.457 e. The highest BCUT2D eigenvalue weighted by Crippen LogP contribution is 2.20. The lowest BCUT2D eigenvalue weighted by atomic mass is 10.2. The number of nitrogens with one attached hydrogen (secondary N) is 2. The number of hydrogen-bond acceptors (Lipinski definition) is 3. The van der Waals surface area contributed by atoms with E-state index in [1.54, 1.807) is 13.2 Å². The number of para-hydroxylation sites is 1. The van der Waals surface area contributed by atoms with Gasteiger partial charge in [0.2, 0.25) is 0 Å². The Bertz CT molecular complexity index is 818. The highest BCUT2D eigenvalue weighted by atomic mass is 16.5. The van der Waals surface area contributed by atoms with Crippen molar-refractivity contribution >= 4 is 5.96 Å². The molecule has 5 heteroatoms. The first-order valence-electron chi connectivity index (χ1n) is 8.50. The van der Waals surface area contributed by atoms with Crippen molar-refractivity contribution in [2.24, 2.45) is 4.99 Å². The number of ether oxygens (including phenoxy) is 1. The summed E-state index contributed by atoms with van der Waals surface area (Å²) in [5, 5.41) is 6.55. The number of aromatic nitrogens is 1. The van der Waals surface area contributed by atoms with Crippen molar-refractivity contribution < 1.29 is 4.74 Å². The molecule has 0 spiro atoms. The van der Waals surface area contributed by atoms with Crippen molar-refractivity contribution in [3.63, 3.8) is 0 Å². The lowest BCUT2D eigenvalue weighted by molar-refractivity contribution is 0.482. The Morgan fingerprint density at radius 3 is 2.23 bits per heavy atom. The van der Waals surface area contributed by atoms with E-state index in [0.717, 1.165) is 28.7 Å². The van der Waals surface area contributed by atoms with Crippen molar-refractivity contribution in [1.82, 2.24) is 15.6 Å². The molecule has 2 aromatic carbocycles. The molecule has 0 aliphatic carbocycles. The van der Waals surface area contributed by atoms with Crippen LogP contribution in [0.2, 0.25) is 0 Å². The first kappa shape index (κ1) is 17.5. The van der Waals surface area contributed by atoms with Gasteiger partial charge in [-0.2, -0.15) is 0 Å². The molecule has 0 aliphatic rings. The molecule has 1 heterocycles. The average molecular weight is 346 g/mol. The lowest BCUT2D eigenvalue weighted by Gasteiger charge is -2.12. The summed E-state index contributed by atoms with van der Waals surface area (Å²) in [6.45, 7) is 1.30. The van der Waals surface area contributed by atoms with Gasteiger partial charge in [-0.05, 0) is 42.0 Å². The zero-order chi connectivity index (χ0) is 18.0. The number of nitrogens with zero attached hydrogens (tertiary/aromatic N) is 2. The first-order valence-corrected chi connectivity index (χ1v) is 8.50. The van der Waals surface area contributed by atoms with Crippen molar-refractivity contribution in [3.05, 3.63) is 90.3 Å². The SMILES string of the molecule is CN=C(NCc1ccc(Oc2ccccc2)cc1)NCc1ccccn1. The molecule has 0 unspecified atom stereocenters. The maximum Gasteiger partial charge on any atom is 0.191 e. The predicted molar refractivity (Wildman–Crippen MR) is 104 cm³/mol. The van der Waals surface area contributed by atoms with Crippen molar-refractivity contribution in [1.29, 1.82) is 0 Å².